The van der Waals surface area contributed by atoms with E-state index in [4.69, 9.17) is 9.47 Å². The summed E-state index contributed by atoms with van der Waals surface area (Å²) in [4.78, 5) is 28.9. The van der Waals surface area contributed by atoms with Gasteiger partial charge in [-0.3, -0.25) is 14.0 Å². The molecule has 9 heteroatoms. The van der Waals surface area contributed by atoms with Crippen molar-refractivity contribution in [2.24, 2.45) is 7.05 Å². The smallest absolute Gasteiger partial charge is 0.294 e. The summed E-state index contributed by atoms with van der Waals surface area (Å²) in [6, 6.07) is 4.38. The van der Waals surface area contributed by atoms with Crippen LogP contribution in [-0.4, -0.2) is 47.2 Å². The number of hydrogen-bond acceptors (Lipinski definition) is 5. The van der Waals surface area contributed by atoms with Gasteiger partial charge < -0.3 is 19.4 Å². The first-order valence-corrected chi connectivity index (χ1v) is 8.16. The lowest BCUT2D eigenvalue weighted by Gasteiger charge is -2.11. The topological polar surface area (TPSA) is 86.9 Å². The zero-order valence-electron chi connectivity index (χ0n) is 15.2. The van der Waals surface area contributed by atoms with Crippen molar-refractivity contribution in [2.75, 3.05) is 27.4 Å². The van der Waals surface area contributed by atoms with Gasteiger partial charge in [0.1, 0.15) is 17.3 Å². The molecule has 0 aliphatic rings. The number of rotatable bonds is 6. The Morgan fingerprint density at radius 2 is 2.07 bits per heavy atom. The van der Waals surface area contributed by atoms with Gasteiger partial charge in [0.2, 0.25) is 5.65 Å². The molecule has 1 N–H and O–H groups in total. The van der Waals surface area contributed by atoms with Crippen LogP contribution in [0.2, 0.25) is 0 Å². The van der Waals surface area contributed by atoms with Gasteiger partial charge in [-0.1, -0.05) is 0 Å². The number of fused-ring (bicyclic) bond motifs is 1. The molecule has 0 aliphatic heterocycles. The fraction of sp³-hybridized carbons (Fsp3) is 0.278. The second kappa shape index (κ2) is 7.58. The number of methoxy groups -OCH3 is 2. The molecule has 1 amide bonds. The summed E-state index contributed by atoms with van der Waals surface area (Å²) in [5.41, 5.74) is 0.301. The zero-order valence-corrected chi connectivity index (χ0v) is 15.2. The summed E-state index contributed by atoms with van der Waals surface area (Å²) >= 11 is 0. The van der Waals surface area contributed by atoms with Crippen LogP contribution in [-0.2, 0) is 11.8 Å². The summed E-state index contributed by atoms with van der Waals surface area (Å²) in [7, 11) is 4.50. The lowest BCUT2D eigenvalue weighted by molar-refractivity contribution is 0.0932. The van der Waals surface area contributed by atoms with Gasteiger partial charge in [0.15, 0.2) is 0 Å². The van der Waals surface area contributed by atoms with E-state index in [0.717, 1.165) is 0 Å². The standard InChI is InChI=1S/C18H19FN4O4/c1-22-15(12-5-4-11(27-3)8-13(12)19)10-23-9-14(21-16(23)18(22)25)17(24)20-6-7-26-2/h4-5,8-10H,6-7H2,1-3H3,(H,20,24). The number of nitrogens with zero attached hydrogens (tertiary/aromatic N) is 3. The van der Waals surface area contributed by atoms with Gasteiger partial charge in [0.25, 0.3) is 11.5 Å². The monoisotopic (exact) mass is 374 g/mol. The molecular weight excluding hydrogens is 355 g/mol. The molecule has 3 aromatic rings. The van der Waals surface area contributed by atoms with E-state index >= 15 is 0 Å². The van der Waals surface area contributed by atoms with Crippen LogP contribution in [0.15, 0.2) is 35.4 Å². The number of imidazole rings is 1. The number of benzene rings is 1. The van der Waals surface area contributed by atoms with Crippen LogP contribution < -0.4 is 15.6 Å². The minimum Gasteiger partial charge on any atom is -0.497 e. The first-order chi connectivity index (χ1) is 13.0. The SMILES string of the molecule is COCCNC(=O)c1cn2cc(-c3ccc(OC)cc3F)n(C)c(=O)c2n1. The molecule has 0 bridgehead atoms. The Morgan fingerprint density at radius 1 is 1.30 bits per heavy atom. The number of aromatic nitrogens is 3. The van der Waals surface area contributed by atoms with Crippen molar-refractivity contribution >= 4 is 11.6 Å². The van der Waals surface area contributed by atoms with E-state index in [2.05, 4.69) is 10.3 Å². The summed E-state index contributed by atoms with van der Waals surface area (Å²) in [6.45, 7) is 0.686. The molecule has 3 rings (SSSR count). The maximum absolute atomic E-state index is 14.4. The molecule has 27 heavy (non-hydrogen) atoms. The number of hydrogen-bond donors (Lipinski definition) is 1. The average molecular weight is 374 g/mol. The fourth-order valence-electron chi connectivity index (χ4n) is 2.68. The Labute approximate surface area is 154 Å². The second-order valence-electron chi connectivity index (χ2n) is 5.83. The van der Waals surface area contributed by atoms with E-state index in [1.807, 2.05) is 0 Å². The van der Waals surface area contributed by atoms with E-state index in [9.17, 15) is 14.0 Å². The Balaban J connectivity index is 2.05. The van der Waals surface area contributed by atoms with Crippen LogP contribution in [0, 0.1) is 5.82 Å². The number of ether oxygens (including phenoxy) is 2. The first kappa shape index (κ1) is 18.6. The van der Waals surface area contributed by atoms with Gasteiger partial charge >= 0.3 is 0 Å². The largest absolute Gasteiger partial charge is 0.497 e. The molecule has 0 aliphatic carbocycles. The Morgan fingerprint density at radius 3 is 2.74 bits per heavy atom. The van der Waals surface area contributed by atoms with Gasteiger partial charge in [-0.15, -0.1) is 0 Å². The van der Waals surface area contributed by atoms with Gasteiger partial charge in [0.05, 0.1) is 19.4 Å². The number of halogens is 1. The molecule has 2 aromatic heterocycles. The molecule has 0 saturated carbocycles. The third kappa shape index (κ3) is 3.54. The maximum atomic E-state index is 14.4. The third-order valence-electron chi connectivity index (χ3n) is 4.13. The Bertz CT molecular complexity index is 1060. The second-order valence-corrected chi connectivity index (χ2v) is 5.83. The van der Waals surface area contributed by atoms with Crippen LogP contribution in [0.3, 0.4) is 0 Å². The zero-order chi connectivity index (χ0) is 19.6. The highest BCUT2D eigenvalue weighted by Gasteiger charge is 2.17. The predicted molar refractivity (Wildman–Crippen MR) is 96.6 cm³/mol. The molecule has 0 radical (unpaired) electrons. The minimum absolute atomic E-state index is 0.0760. The maximum Gasteiger partial charge on any atom is 0.294 e. The minimum atomic E-state index is -0.527. The normalized spacial score (nSPS) is 11.0. The molecule has 0 atom stereocenters. The highest BCUT2D eigenvalue weighted by Crippen LogP contribution is 2.25. The average Bonchev–Trinajstić information content (AvgIpc) is 3.09. The van der Waals surface area contributed by atoms with E-state index in [-0.39, 0.29) is 16.9 Å². The van der Waals surface area contributed by atoms with Crippen molar-refractivity contribution in [3.05, 3.63) is 52.5 Å². The lowest BCUT2D eigenvalue weighted by Crippen LogP contribution is -2.27. The molecule has 8 nitrogen and oxygen atoms in total. The van der Waals surface area contributed by atoms with Crippen molar-refractivity contribution in [1.29, 1.82) is 0 Å². The summed E-state index contributed by atoms with van der Waals surface area (Å²) in [6.07, 6.45) is 2.99. The molecule has 2 heterocycles. The quantitative estimate of drug-likeness (QED) is 0.656. The number of carbonyl (C=O) groups is 1. The number of carbonyl (C=O) groups excluding carboxylic acids is 1. The van der Waals surface area contributed by atoms with Crippen molar-refractivity contribution < 1.29 is 18.7 Å². The predicted octanol–water partition coefficient (Wildman–Crippen LogP) is 1.22. The van der Waals surface area contributed by atoms with Crippen LogP contribution in [0.1, 0.15) is 10.5 Å². The van der Waals surface area contributed by atoms with Gasteiger partial charge in [-0.25, -0.2) is 9.37 Å². The van der Waals surface area contributed by atoms with Gasteiger partial charge in [-0.05, 0) is 12.1 Å². The molecule has 142 valence electrons. The number of nitrogens with one attached hydrogen (secondary N) is 1. The number of amides is 1. The molecule has 0 saturated heterocycles. The van der Waals surface area contributed by atoms with E-state index in [1.165, 1.54) is 48.6 Å². The van der Waals surface area contributed by atoms with Crippen molar-refractivity contribution in [3.8, 4) is 17.0 Å². The van der Waals surface area contributed by atoms with Crippen LogP contribution in [0.5, 0.6) is 5.75 Å². The van der Waals surface area contributed by atoms with Crippen LogP contribution in [0.25, 0.3) is 16.9 Å². The Kier molecular flexibility index (Phi) is 5.22. The molecular formula is C18H19FN4O4. The van der Waals surface area contributed by atoms with Crippen molar-refractivity contribution in [2.45, 2.75) is 0 Å². The van der Waals surface area contributed by atoms with Crippen molar-refractivity contribution in [3.63, 3.8) is 0 Å². The van der Waals surface area contributed by atoms with E-state index < -0.39 is 17.3 Å². The summed E-state index contributed by atoms with van der Waals surface area (Å²) < 4.78 is 27.0. The van der Waals surface area contributed by atoms with Crippen LogP contribution in [0.4, 0.5) is 4.39 Å². The molecule has 0 fully saturated rings. The Hall–Kier alpha value is -3.20. The first-order valence-electron chi connectivity index (χ1n) is 8.16. The fourth-order valence-corrected chi connectivity index (χ4v) is 2.68. The highest BCUT2D eigenvalue weighted by atomic mass is 19.1. The molecule has 1 aromatic carbocycles. The van der Waals surface area contributed by atoms with Crippen molar-refractivity contribution in [1.82, 2.24) is 19.3 Å². The highest BCUT2D eigenvalue weighted by molar-refractivity contribution is 5.92. The van der Waals surface area contributed by atoms with Gasteiger partial charge in [0, 0.05) is 44.7 Å². The third-order valence-corrected chi connectivity index (χ3v) is 4.13. The van der Waals surface area contributed by atoms with E-state index in [1.54, 1.807) is 12.3 Å². The lowest BCUT2D eigenvalue weighted by atomic mass is 10.1. The molecule has 0 unspecified atom stereocenters. The summed E-state index contributed by atoms with van der Waals surface area (Å²) in [5, 5.41) is 2.64. The molecule has 0 spiro atoms. The van der Waals surface area contributed by atoms with Crippen LogP contribution >= 0.6 is 0 Å². The summed E-state index contributed by atoms with van der Waals surface area (Å²) in [5.74, 6) is -0.573. The van der Waals surface area contributed by atoms with E-state index in [0.29, 0.717) is 24.6 Å². The van der Waals surface area contributed by atoms with Gasteiger partial charge in [-0.2, -0.15) is 0 Å².